The molecule has 0 amide bonds. The van der Waals surface area contributed by atoms with E-state index in [1.807, 2.05) is 12.2 Å². The average Bonchev–Trinajstić information content (AvgIpc) is 3.25. The van der Waals surface area contributed by atoms with E-state index in [1.54, 1.807) is 12.2 Å². The first-order valence-corrected chi connectivity index (χ1v) is 26.4. The van der Waals surface area contributed by atoms with Gasteiger partial charge < -0.3 is 40.2 Å². The molecule has 0 spiro atoms. The topological polar surface area (TPSA) is 204 Å². The fraction of sp³-hybridized carbons (Fsp3) is 0.837. The Morgan fingerprint density at radius 2 is 1.25 bits per heavy atom. The molecule has 1 rings (SSSR count). The number of hydrogen-bond donors (Lipinski definition) is 5. The van der Waals surface area contributed by atoms with E-state index in [0.717, 1.165) is 38.5 Å². The number of ether oxygens (including phenoxy) is 3. The van der Waals surface area contributed by atoms with Crippen molar-refractivity contribution in [3.05, 3.63) is 36.5 Å². The number of phosphoric acid groups is 1. The molecule has 368 valence electrons. The van der Waals surface area contributed by atoms with Crippen molar-refractivity contribution in [2.24, 2.45) is 11.7 Å². The second kappa shape index (κ2) is 40.4. The van der Waals surface area contributed by atoms with Gasteiger partial charge in [-0.15, -0.1) is 0 Å². The molecule has 1 aliphatic heterocycles. The molecule has 0 bridgehead atoms. The molecule has 1 saturated heterocycles. The van der Waals surface area contributed by atoms with Gasteiger partial charge in [-0.3, -0.25) is 18.6 Å². The number of carbonyl (C=O) groups excluding carboxylic acids is 2. The first kappa shape index (κ1) is 59.1. The highest BCUT2D eigenvalue weighted by atomic mass is 31.2. The van der Waals surface area contributed by atoms with Crippen molar-refractivity contribution in [1.82, 2.24) is 0 Å². The number of allylic oxidation sites excluding steroid dienone is 4. The summed E-state index contributed by atoms with van der Waals surface area (Å²) in [7, 11) is -4.45. The van der Waals surface area contributed by atoms with E-state index in [9.17, 15) is 34.4 Å². The predicted molar refractivity (Wildman–Crippen MR) is 251 cm³/mol. The second-order valence-electron chi connectivity index (χ2n) is 17.2. The smallest absolute Gasteiger partial charge is 0.462 e. The van der Waals surface area contributed by atoms with Gasteiger partial charge in [-0.2, -0.15) is 0 Å². The number of rotatable bonds is 42. The van der Waals surface area contributed by atoms with Gasteiger partial charge in [0.2, 0.25) is 0 Å². The van der Waals surface area contributed by atoms with Crippen molar-refractivity contribution in [2.45, 2.75) is 231 Å². The third-order valence-electron chi connectivity index (χ3n) is 11.3. The lowest BCUT2D eigenvalue weighted by molar-refractivity contribution is -0.199. The van der Waals surface area contributed by atoms with Crippen LogP contribution < -0.4 is 5.73 Å². The van der Waals surface area contributed by atoms with Gasteiger partial charge in [0.05, 0.1) is 31.5 Å². The molecule has 2 unspecified atom stereocenters. The Kier molecular flexibility index (Phi) is 37.8. The summed E-state index contributed by atoms with van der Waals surface area (Å²) in [6.07, 6.45) is 36.5. The van der Waals surface area contributed by atoms with Crippen LogP contribution in [-0.4, -0.2) is 89.2 Å². The van der Waals surface area contributed by atoms with Crippen LogP contribution in [0.15, 0.2) is 36.5 Å². The summed E-state index contributed by atoms with van der Waals surface area (Å²) in [6.45, 7) is 3.33. The van der Waals surface area contributed by atoms with E-state index in [1.165, 1.54) is 96.3 Å². The van der Waals surface area contributed by atoms with Crippen LogP contribution in [0, 0.1) is 5.92 Å². The second-order valence-corrected chi connectivity index (χ2v) is 18.7. The van der Waals surface area contributed by atoms with Crippen LogP contribution in [0.1, 0.15) is 200 Å². The number of carbonyl (C=O) groups is 2. The maximum absolute atomic E-state index is 12.7. The third kappa shape index (κ3) is 35.0. The minimum absolute atomic E-state index is 0.0139. The summed E-state index contributed by atoms with van der Waals surface area (Å²) in [6, 6.07) is 0. The minimum atomic E-state index is -4.45. The standard InChI is InChI=1S/C49H90NO12P/c1-3-5-7-8-9-10-11-12-13-14-15-16-17-18-19-20-21-22-23-24-30-34-48(54)61-43(41-60-63(56,57)59-38-37-50)40-58-47(53)33-29-26-25-28-32-44-45(52)39-49(55)62-46(44)36-35-42(51)31-27-6-4-2/h12-13,25,28,35-36,42-46,49,51-52,55H,3-11,14-24,26-27,29-34,37-41,50H2,1-2H3,(H,56,57)/b13-12-,28-25-,36-35+/t42-,43+,44-,45-,46+,49?/m0/s1. The number of aliphatic hydroxyl groups excluding tert-OH is 3. The lowest BCUT2D eigenvalue weighted by Gasteiger charge is -2.36. The van der Waals surface area contributed by atoms with E-state index in [2.05, 4.69) is 26.0 Å². The van der Waals surface area contributed by atoms with Crippen molar-refractivity contribution in [2.75, 3.05) is 26.4 Å². The number of nitrogens with two attached hydrogens (primary N) is 1. The Hall–Kier alpha value is -1.93. The summed E-state index contributed by atoms with van der Waals surface area (Å²) in [5.41, 5.74) is 5.36. The molecular formula is C49H90NO12P. The molecule has 1 aliphatic rings. The summed E-state index contributed by atoms with van der Waals surface area (Å²) in [5.74, 6) is -1.33. The number of unbranched alkanes of at least 4 members (excludes halogenated alkanes) is 20. The maximum Gasteiger partial charge on any atom is 0.472 e. The molecular weight excluding hydrogens is 826 g/mol. The van der Waals surface area contributed by atoms with E-state index >= 15 is 0 Å². The quantitative estimate of drug-likeness (QED) is 0.0168. The van der Waals surface area contributed by atoms with Gasteiger partial charge in [0.1, 0.15) is 6.61 Å². The van der Waals surface area contributed by atoms with Crippen LogP contribution in [0.2, 0.25) is 0 Å². The van der Waals surface area contributed by atoms with Crippen molar-refractivity contribution in [3.63, 3.8) is 0 Å². The zero-order valence-electron chi connectivity index (χ0n) is 39.3. The van der Waals surface area contributed by atoms with Crippen molar-refractivity contribution in [3.8, 4) is 0 Å². The number of aliphatic hydroxyl groups is 3. The number of phosphoric ester groups is 1. The lowest BCUT2D eigenvalue weighted by atomic mass is 9.87. The van der Waals surface area contributed by atoms with Gasteiger partial charge in [-0.25, -0.2) is 4.57 Å². The third-order valence-corrected chi connectivity index (χ3v) is 12.3. The van der Waals surface area contributed by atoms with Crippen LogP contribution in [-0.2, 0) is 37.4 Å². The molecule has 0 radical (unpaired) electrons. The predicted octanol–water partition coefficient (Wildman–Crippen LogP) is 10.6. The normalized spacial score (nSPS) is 20.1. The first-order valence-electron chi connectivity index (χ1n) is 24.9. The van der Waals surface area contributed by atoms with Crippen LogP contribution in [0.3, 0.4) is 0 Å². The molecule has 1 fully saturated rings. The zero-order valence-corrected chi connectivity index (χ0v) is 40.2. The minimum Gasteiger partial charge on any atom is -0.462 e. The molecule has 0 saturated carbocycles. The Morgan fingerprint density at radius 3 is 1.87 bits per heavy atom. The molecule has 0 aromatic rings. The summed E-state index contributed by atoms with van der Waals surface area (Å²) >= 11 is 0. The molecule has 0 aliphatic carbocycles. The Bertz CT molecular complexity index is 1250. The maximum atomic E-state index is 12.7. The lowest BCUT2D eigenvalue weighted by Crippen LogP contribution is -2.43. The summed E-state index contributed by atoms with van der Waals surface area (Å²) < 4.78 is 38.5. The average molecular weight is 916 g/mol. The highest BCUT2D eigenvalue weighted by molar-refractivity contribution is 7.47. The number of hydrogen-bond acceptors (Lipinski definition) is 12. The van der Waals surface area contributed by atoms with Crippen molar-refractivity contribution >= 4 is 19.8 Å². The highest BCUT2D eigenvalue weighted by Gasteiger charge is 2.35. The van der Waals surface area contributed by atoms with Crippen molar-refractivity contribution in [1.29, 1.82) is 0 Å². The Morgan fingerprint density at radius 1 is 0.714 bits per heavy atom. The first-order chi connectivity index (χ1) is 30.5. The van der Waals surface area contributed by atoms with E-state index in [0.29, 0.717) is 32.1 Å². The molecule has 0 aromatic carbocycles. The van der Waals surface area contributed by atoms with Crippen LogP contribution >= 0.6 is 7.82 Å². The fourth-order valence-corrected chi connectivity index (χ4v) is 8.26. The monoisotopic (exact) mass is 916 g/mol. The van der Waals surface area contributed by atoms with Gasteiger partial charge in [0.15, 0.2) is 12.4 Å². The van der Waals surface area contributed by atoms with Gasteiger partial charge in [0, 0.05) is 31.7 Å². The summed E-state index contributed by atoms with van der Waals surface area (Å²) in [5, 5.41) is 31.0. The molecule has 14 heteroatoms. The van der Waals surface area contributed by atoms with Gasteiger partial charge in [0.25, 0.3) is 0 Å². The van der Waals surface area contributed by atoms with Crippen LogP contribution in [0.4, 0.5) is 0 Å². The molecule has 13 nitrogen and oxygen atoms in total. The number of esters is 2. The van der Waals surface area contributed by atoms with E-state index in [4.69, 9.17) is 29.0 Å². The molecule has 63 heavy (non-hydrogen) atoms. The molecule has 0 aromatic heterocycles. The summed E-state index contributed by atoms with van der Waals surface area (Å²) in [4.78, 5) is 35.2. The molecule has 6 N–H and O–H groups in total. The SMILES string of the molecule is CCCCCCCC/C=C\CCCCCCCCCCCCCC(=O)O[C@H](COC(=O)CCC/C=C\C[C@H]1[C@@H](O)CC(O)O[C@@H]1/C=C/[C@@H](O)CCCCC)COP(=O)(O)OCCN. The Balaban J connectivity index is 2.33. The van der Waals surface area contributed by atoms with E-state index < -0.39 is 57.1 Å². The Labute approximate surface area is 381 Å². The largest absolute Gasteiger partial charge is 0.472 e. The van der Waals surface area contributed by atoms with Crippen LogP contribution in [0.5, 0.6) is 0 Å². The highest BCUT2D eigenvalue weighted by Crippen LogP contribution is 2.43. The van der Waals surface area contributed by atoms with Crippen LogP contribution in [0.25, 0.3) is 0 Å². The van der Waals surface area contributed by atoms with Crippen molar-refractivity contribution < 1.29 is 57.6 Å². The van der Waals surface area contributed by atoms with Gasteiger partial charge in [-0.1, -0.05) is 159 Å². The zero-order chi connectivity index (χ0) is 46.2. The molecule has 1 heterocycles. The van der Waals surface area contributed by atoms with Gasteiger partial charge >= 0.3 is 19.8 Å². The van der Waals surface area contributed by atoms with E-state index in [-0.39, 0.29) is 44.9 Å². The fourth-order valence-electron chi connectivity index (χ4n) is 7.49. The molecule has 7 atom stereocenters. The van der Waals surface area contributed by atoms with Gasteiger partial charge in [-0.05, 0) is 57.8 Å².